The highest BCUT2D eigenvalue weighted by Crippen LogP contribution is 2.30. The molecule has 0 fully saturated rings. The summed E-state index contributed by atoms with van der Waals surface area (Å²) in [4.78, 5) is 38.0. The van der Waals surface area contributed by atoms with Gasteiger partial charge in [-0.25, -0.2) is 13.8 Å². The summed E-state index contributed by atoms with van der Waals surface area (Å²) >= 11 is 0. The van der Waals surface area contributed by atoms with Crippen molar-refractivity contribution < 1.29 is 13.6 Å². The van der Waals surface area contributed by atoms with Crippen LogP contribution in [0, 0.1) is 11.3 Å². The second-order valence-corrected chi connectivity index (χ2v) is 7.97. The van der Waals surface area contributed by atoms with Crippen molar-refractivity contribution in [1.82, 2.24) is 19.5 Å². The first-order valence-electron chi connectivity index (χ1n) is 11.0. The Balaban J connectivity index is 2.03. The molecule has 1 amide bonds. The van der Waals surface area contributed by atoms with E-state index in [1.807, 2.05) is 6.07 Å². The fourth-order valence-electron chi connectivity index (χ4n) is 3.96. The van der Waals surface area contributed by atoms with Gasteiger partial charge in [-0.2, -0.15) is 15.2 Å². The number of carbonyl (C=O) groups excluding carboxylic acids is 1. The molecule has 1 atom stereocenters. The van der Waals surface area contributed by atoms with Crippen LogP contribution in [0.15, 0.2) is 47.3 Å². The molecule has 2 heterocycles. The molecule has 4 rings (SSSR count). The Bertz CT molecular complexity index is 1630. The number of anilines is 3. The van der Waals surface area contributed by atoms with Gasteiger partial charge in [-0.15, -0.1) is 0 Å². The molecule has 0 aliphatic heterocycles. The number of nitrogens with one attached hydrogen (secondary N) is 1. The first-order valence-corrected chi connectivity index (χ1v) is 11.0. The van der Waals surface area contributed by atoms with Crippen molar-refractivity contribution in [3.63, 3.8) is 0 Å². The van der Waals surface area contributed by atoms with Crippen molar-refractivity contribution in [2.24, 2.45) is 5.73 Å². The number of halogens is 2. The summed E-state index contributed by atoms with van der Waals surface area (Å²) in [6.07, 6.45) is -2.63. The standard InChI is InChI=1S/C24H21F2N9O2/c1-2-15(31-21-14(10-27)19(28)33-24(30)34-21)22-32-16-8-4-7-13(18(25)26)17(16)23(37)35(22)12-6-3-5-11(9-12)20(29)36/h3-9,15,18H,2H2,1H3,(H2,29,36)(H5,28,30,31,33,34)/t15-/m0/s1. The molecule has 188 valence electrons. The number of amides is 1. The van der Waals surface area contributed by atoms with Gasteiger partial charge in [-0.3, -0.25) is 14.2 Å². The Labute approximate surface area is 208 Å². The Morgan fingerprint density at radius 2 is 1.89 bits per heavy atom. The summed E-state index contributed by atoms with van der Waals surface area (Å²) < 4.78 is 28.8. The van der Waals surface area contributed by atoms with Gasteiger partial charge in [-0.05, 0) is 30.7 Å². The molecule has 0 bridgehead atoms. The van der Waals surface area contributed by atoms with Gasteiger partial charge < -0.3 is 22.5 Å². The van der Waals surface area contributed by atoms with E-state index in [0.717, 1.165) is 10.6 Å². The van der Waals surface area contributed by atoms with Crippen LogP contribution in [0.25, 0.3) is 16.6 Å². The number of hydrogen-bond acceptors (Lipinski definition) is 9. The van der Waals surface area contributed by atoms with Crippen LogP contribution in [0.4, 0.5) is 26.4 Å². The molecule has 0 radical (unpaired) electrons. The molecule has 0 saturated heterocycles. The molecule has 0 saturated carbocycles. The zero-order valence-electron chi connectivity index (χ0n) is 19.4. The maximum atomic E-state index is 13.8. The van der Waals surface area contributed by atoms with Crippen LogP contribution in [-0.4, -0.2) is 25.4 Å². The molecule has 0 aliphatic rings. The molecule has 11 nitrogen and oxygen atoms in total. The van der Waals surface area contributed by atoms with E-state index in [-0.39, 0.29) is 51.1 Å². The normalized spacial score (nSPS) is 11.9. The number of primary amides is 1. The average Bonchev–Trinajstić information content (AvgIpc) is 2.86. The van der Waals surface area contributed by atoms with Crippen LogP contribution in [0.1, 0.15) is 53.1 Å². The molecule has 37 heavy (non-hydrogen) atoms. The molecule has 2 aromatic carbocycles. The number of rotatable bonds is 7. The van der Waals surface area contributed by atoms with Gasteiger partial charge in [0, 0.05) is 11.1 Å². The zero-order chi connectivity index (χ0) is 26.9. The highest BCUT2D eigenvalue weighted by Gasteiger charge is 2.25. The monoisotopic (exact) mass is 505 g/mol. The summed E-state index contributed by atoms with van der Waals surface area (Å²) in [5.41, 5.74) is 15.9. The molecular formula is C24H21F2N9O2. The lowest BCUT2D eigenvalue weighted by Gasteiger charge is -2.23. The average molecular weight is 505 g/mol. The van der Waals surface area contributed by atoms with Gasteiger partial charge >= 0.3 is 0 Å². The van der Waals surface area contributed by atoms with Crippen molar-refractivity contribution in [2.45, 2.75) is 25.8 Å². The van der Waals surface area contributed by atoms with E-state index in [9.17, 15) is 23.6 Å². The predicted octanol–water partition coefficient (Wildman–Crippen LogP) is 2.81. The van der Waals surface area contributed by atoms with Gasteiger partial charge in [0.2, 0.25) is 11.9 Å². The number of nitriles is 1. The molecule has 13 heteroatoms. The van der Waals surface area contributed by atoms with E-state index in [1.54, 1.807) is 6.92 Å². The lowest BCUT2D eigenvalue weighted by Crippen LogP contribution is -2.29. The van der Waals surface area contributed by atoms with Crippen LogP contribution >= 0.6 is 0 Å². The smallest absolute Gasteiger partial charge is 0.266 e. The Morgan fingerprint density at radius 1 is 1.16 bits per heavy atom. The third-order valence-corrected chi connectivity index (χ3v) is 5.68. The Kier molecular flexibility index (Phi) is 6.66. The van der Waals surface area contributed by atoms with E-state index >= 15 is 0 Å². The van der Waals surface area contributed by atoms with Gasteiger partial charge in [0.05, 0.1) is 22.6 Å². The number of aromatic nitrogens is 4. The van der Waals surface area contributed by atoms with Crippen LogP contribution in [-0.2, 0) is 0 Å². The molecular weight excluding hydrogens is 484 g/mol. The second kappa shape index (κ2) is 9.86. The summed E-state index contributed by atoms with van der Waals surface area (Å²) in [5, 5.41) is 12.3. The van der Waals surface area contributed by atoms with Crippen molar-refractivity contribution in [3.05, 3.63) is 75.3 Å². The number of hydrogen-bond donors (Lipinski definition) is 4. The van der Waals surface area contributed by atoms with E-state index in [1.165, 1.54) is 36.4 Å². The second-order valence-electron chi connectivity index (χ2n) is 7.97. The summed E-state index contributed by atoms with van der Waals surface area (Å²) in [5.74, 6) is -0.963. The van der Waals surface area contributed by atoms with Gasteiger partial charge in [-0.1, -0.05) is 25.1 Å². The van der Waals surface area contributed by atoms with Crippen LogP contribution in [0.5, 0.6) is 0 Å². The molecule has 2 aromatic heterocycles. The fraction of sp³-hybridized carbons (Fsp3) is 0.167. The maximum Gasteiger partial charge on any atom is 0.266 e. The largest absolute Gasteiger partial charge is 0.382 e. The number of nitrogens with two attached hydrogens (primary N) is 3. The number of nitrogens with zero attached hydrogens (tertiary/aromatic N) is 5. The van der Waals surface area contributed by atoms with Gasteiger partial charge in [0.1, 0.15) is 23.3 Å². The molecule has 0 aliphatic carbocycles. The van der Waals surface area contributed by atoms with Crippen LogP contribution < -0.4 is 28.1 Å². The Morgan fingerprint density at radius 3 is 2.54 bits per heavy atom. The van der Waals surface area contributed by atoms with E-state index < -0.39 is 29.5 Å². The van der Waals surface area contributed by atoms with Crippen molar-refractivity contribution in [1.29, 1.82) is 5.26 Å². The lowest BCUT2D eigenvalue weighted by molar-refractivity contribution is 0.1000. The first kappa shape index (κ1) is 25.0. The molecule has 0 spiro atoms. The quantitative estimate of drug-likeness (QED) is 0.292. The number of nitrogen functional groups attached to an aromatic ring is 2. The third-order valence-electron chi connectivity index (χ3n) is 5.68. The van der Waals surface area contributed by atoms with Crippen molar-refractivity contribution in [3.8, 4) is 11.8 Å². The Hall–Kier alpha value is -5.12. The topological polar surface area (TPSA) is 192 Å². The minimum Gasteiger partial charge on any atom is -0.382 e. The van der Waals surface area contributed by atoms with E-state index in [2.05, 4.69) is 20.3 Å². The SMILES string of the molecule is CC[C@H](Nc1nc(N)nc(N)c1C#N)c1nc2cccc(C(F)F)c2c(=O)n1-c1cccc(C(N)=O)c1. The molecule has 7 N–H and O–H groups in total. The van der Waals surface area contributed by atoms with Gasteiger partial charge in [0.25, 0.3) is 12.0 Å². The number of carbonyl (C=O) groups is 1. The fourth-order valence-corrected chi connectivity index (χ4v) is 3.96. The minimum atomic E-state index is -2.93. The van der Waals surface area contributed by atoms with E-state index in [4.69, 9.17) is 17.2 Å². The predicted molar refractivity (Wildman–Crippen MR) is 133 cm³/mol. The summed E-state index contributed by atoms with van der Waals surface area (Å²) in [6.45, 7) is 1.77. The van der Waals surface area contributed by atoms with Crippen LogP contribution in [0.3, 0.4) is 0 Å². The first-order chi connectivity index (χ1) is 17.7. The number of fused-ring (bicyclic) bond motifs is 1. The van der Waals surface area contributed by atoms with E-state index in [0.29, 0.717) is 6.42 Å². The number of alkyl halides is 2. The van der Waals surface area contributed by atoms with Crippen LogP contribution in [0.2, 0.25) is 0 Å². The highest BCUT2D eigenvalue weighted by atomic mass is 19.3. The maximum absolute atomic E-state index is 13.8. The minimum absolute atomic E-state index is 0.00691. The van der Waals surface area contributed by atoms with Crippen molar-refractivity contribution in [2.75, 3.05) is 16.8 Å². The number of benzene rings is 2. The summed E-state index contributed by atoms with van der Waals surface area (Å²) in [7, 11) is 0. The molecule has 0 unspecified atom stereocenters. The zero-order valence-corrected chi connectivity index (χ0v) is 19.4. The summed E-state index contributed by atoms with van der Waals surface area (Å²) in [6, 6.07) is 10.9. The molecule has 4 aromatic rings. The third kappa shape index (κ3) is 4.59. The van der Waals surface area contributed by atoms with Gasteiger partial charge in [0.15, 0.2) is 5.82 Å². The lowest BCUT2D eigenvalue weighted by atomic mass is 10.1. The highest BCUT2D eigenvalue weighted by molar-refractivity contribution is 5.93. The van der Waals surface area contributed by atoms with Crippen molar-refractivity contribution >= 4 is 34.4 Å².